The van der Waals surface area contributed by atoms with E-state index in [1.54, 1.807) is 14.2 Å². The molecule has 5 rings (SSSR count). The van der Waals surface area contributed by atoms with Gasteiger partial charge < -0.3 is 19.3 Å². The van der Waals surface area contributed by atoms with Gasteiger partial charge in [-0.15, -0.1) is 11.3 Å². The molecule has 5 nitrogen and oxygen atoms in total. The Bertz CT molecular complexity index is 1210. The van der Waals surface area contributed by atoms with Gasteiger partial charge in [-0.1, -0.05) is 24.6 Å². The molecule has 198 valence electrons. The van der Waals surface area contributed by atoms with Gasteiger partial charge in [0.1, 0.15) is 0 Å². The van der Waals surface area contributed by atoms with Crippen molar-refractivity contribution in [3.05, 3.63) is 58.5 Å². The first-order chi connectivity index (χ1) is 18.1. The van der Waals surface area contributed by atoms with Crippen molar-refractivity contribution in [2.75, 3.05) is 46.9 Å². The van der Waals surface area contributed by atoms with Crippen molar-refractivity contribution in [2.24, 2.45) is 5.92 Å². The number of likely N-dealkylation sites (tertiary alicyclic amines) is 1. The molecule has 0 saturated carbocycles. The van der Waals surface area contributed by atoms with Crippen molar-refractivity contribution in [2.45, 2.75) is 51.4 Å². The summed E-state index contributed by atoms with van der Waals surface area (Å²) in [5.74, 6) is 2.26. The second-order valence-corrected chi connectivity index (χ2v) is 11.5. The molecule has 2 aromatic carbocycles. The molecule has 1 saturated heterocycles. The highest BCUT2D eigenvalue weighted by atomic mass is 32.1. The molecular weight excluding hydrogens is 480 g/mol. The molecule has 3 heterocycles. The number of piperidine rings is 1. The van der Waals surface area contributed by atoms with E-state index in [0.29, 0.717) is 18.1 Å². The Morgan fingerprint density at radius 3 is 2.65 bits per heavy atom. The van der Waals surface area contributed by atoms with Crippen molar-refractivity contribution in [3.63, 3.8) is 0 Å². The summed E-state index contributed by atoms with van der Waals surface area (Å²) in [6, 6.07) is 12.8. The smallest absolute Gasteiger partial charge is 0.227 e. The molecule has 1 aromatic heterocycles. The number of carbonyl (C=O) groups excluding carboxylic acids is 1. The summed E-state index contributed by atoms with van der Waals surface area (Å²) in [6.45, 7) is 5.16. The quantitative estimate of drug-likeness (QED) is 0.309. The zero-order chi connectivity index (χ0) is 25.6. The Kier molecular flexibility index (Phi) is 8.67. The van der Waals surface area contributed by atoms with Crippen LogP contribution in [0, 0.1) is 5.92 Å². The molecule has 1 unspecified atom stereocenters. The summed E-state index contributed by atoms with van der Waals surface area (Å²) in [5, 5.41) is 3.78. The summed E-state index contributed by atoms with van der Waals surface area (Å²) in [5.41, 5.74) is 3.79. The highest BCUT2D eigenvalue weighted by molar-refractivity contribution is 7.17. The van der Waals surface area contributed by atoms with E-state index in [9.17, 15) is 4.79 Å². The van der Waals surface area contributed by atoms with Crippen molar-refractivity contribution >= 4 is 27.3 Å². The maximum atomic E-state index is 13.2. The van der Waals surface area contributed by atoms with Gasteiger partial charge in [-0.3, -0.25) is 4.79 Å². The summed E-state index contributed by atoms with van der Waals surface area (Å²) in [7, 11) is 3.31. The zero-order valence-corrected chi connectivity index (χ0v) is 23.2. The Morgan fingerprint density at radius 2 is 1.81 bits per heavy atom. The minimum atomic E-state index is 0.240. The van der Waals surface area contributed by atoms with Crippen LogP contribution in [-0.2, 0) is 24.1 Å². The first-order valence-electron chi connectivity index (χ1n) is 13.8. The van der Waals surface area contributed by atoms with Crippen molar-refractivity contribution < 1.29 is 14.3 Å². The van der Waals surface area contributed by atoms with Crippen LogP contribution in [-0.4, -0.2) is 62.7 Å². The van der Waals surface area contributed by atoms with Crippen LogP contribution in [0.15, 0.2) is 41.8 Å². The van der Waals surface area contributed by atoms with Crippen LogP contribution >= 0.6 is 11.3 Å². The largest absolute Gasteiger partial charge is 0.493 e. The number of aryl methyl sites for hydroxylation is 1. The number of nitrogens with zero attached hydrogens (tertiary/aromatic N) is 2. The number of thiophene rings is 1. The van der Waals surface area contributed by atoms with Gasteiger partial charge in [0.2, 0.25) is 5.91 Å². The van der Waals surface area contributed by atoms with Crippen LogP contribution in [0.25, 0.3) is 10.1 Å². The summed E-state index contributed by atoms with van der Waals surface area (Å²) in [6.07, 6.45) is 8.77. The maximum absolute atomic E-state index is 13.2. The van der Waals surface area contributed by atoms with Crippen LogP contribution in [0.1, 0.15) is 48.8 Å². The second kappa shape index (κ2) is 12.3. The van der Waals surface area contributed by atoms with E-state index in [2.05, 4.69) is 39.4 Å². The minimum Gasteiger partial charge on any atom is -0.493 e. The summed E-state index contributed by atoms with van der Waals surface area (Å²) < 4.78 is 12.4. The van der Waals surface area contributed by atoms with Crippen LogP contribution in [0.2, 0.25) is 0 Å². The maximum Gasteiger partial charge on any atom is 0.227 e. The van der Waals surface area contributed by atoms with Crippen LogP contribution < -0.4 is 9.47 Å². The molecule has 0 radical (unpaired) electrons. The van der Waals surface area contributed by atoms with Gasteiger partial charge in [-0.05, 0) is 103 Å². The third kappa shape index (κ3) is 6.29. The third-order valence-corrected chi connectivity index (χ3v) is 9.13. The molecule has 6 heteroatoms. The molecule has 2 aliphatic heterocycles. The molecule has 1 fully saturated rings. The van der Waals surface area contributed by atoms with Crippen LogP contribution in [0.4, 0.5) is 0 Å². The van der Waals surface area contributed by atoms with Crippen molar-refractivity contribution in [1.82, 2.24) is 9.80 Å². The molecule has 0 N–H and O–H groups in total. The van der Waals surface area contributed by atoms with E-state index in [-0.39, 0.29) is 5.91 Å². The highest BCUT2D eigenvalue weighted by Crippen LogP contribution is 2.33. The molecule has 1 amide bonds. The van der Waals surface area contributed by atoms with E-state index in [4.69, 9.17) is 9.47 Å². The fourth-order valence-corrected chi connectivity index (χ4v) is 7.07. The van der Waals surface area contributed by atoms with Crippen LogP contribution in [0.5, 0.6) is 11.5 Å². The SMILES string of the molecule is COc1cc2c(cc1OC)CC(=O)N(CC1CCCN(CCCCCc3csc4ccccc34)C1)CC2. The lowest BCUT2D eigenvalue weighted by Crippen LogP contribution is -2.43. The minimum absolute atomic E-state index is 0.240. The molecule has 3 aromatic rings. The predicted octanol–water partition coefficient (Wildman–Crippen LogP) is 5.97. The van der Waals surface area contributed by atoms with Crippen LogP contribution in [0.3, 0.4) is 0 Å². The Labute approximate surface area is 225 Å². The molecule has 2 aliphatic rings. The Morgan fingerprint density at radius 1 is 1.00 bits per heavy atom. The molecule has 1 atom stereocenters. The second-order valence-electron chi connectivity index (χ2n) is 10.6. The molecule has 0 aliphatic carbocycles. The molecule has 0 bridgehead atoms. The number of benzene rings is 2. The summed E-state index contributed by atoms with van der Waals surface area (Å²) in [4.78, 5) is 17.9. The van der Waals surface area contributed by atoms with E-state index in [1.807, 2.05) is 23.5 Å². The third-order valence-electron chi connectivity index (χ3n) is 8.11. The van der Waals surface area contributed by atoms with E-state index < -0.39 is 0 Å². The number of ether oxygens (including phenoxy) is 2. The molecule has 37 heavy (non-hydrogen) atoms. The average Bonchev–Trinajstić information content (AvgIpc) is 3.27. The normalized spacial score (nSPS) is 18.6. The predicted molar refractivity (Wildman–Crippen MR) is 152 cm³/mol. The average molecular weight is 521 g/mol. The van der Waals surface area contributed by atoms with Crippen molar-refractivity contribution in [3.8, 4) is 11.5 Å². The number of amides is 1. The van der Waals surface area contributed by atoms with Gasteiger partial charge in [0.05, 0.1) is 20.6 Å². The standard InChI is InChI=1S/C31H40N2O3S/c1-35-28-17-24-13-16-33(31(34)19-26(24)18-29(28)36-2)21-23-9-8-15-32(20-23)14-7-3-4-10-25-22-37-30-12-6-5-11-27(25)30/h5-6,11-12,17-18,22-23H,3-4,7-10,13-16,19-21H2,1-2H3. The zero-order valence-electron chi connectivity index (χ0n) is 22.3. The van der Waals surface area contributed by atoms with Gasteiger partial charge in [0, 0.05) is 24.3 Å². The number of hydrogen-bond acceptors (Lipinski definition) is 5. The van der Waals surface area contributed by atoms with Gasteiger partial charge in [0.25, 0.3) is 0 Å². The summed E-state index contributed by atoms with van der Waals surface area (Å²) >= 11 is 1.87. The van der Waals surface area contributed by atoms with Crippen molar-refractivity contribution in [1.29, 1.82) is 0 Å². The first kappa shape index (κ1) is 26.1. The number of rotatable bonds is 10. The van der Waals surface area contributed by atoms with E-state index >= 15 is 0 Å². The Balaban J connectivity index is 1.07. The number of carbonyl (C=O) groups is 1. The molecule has 0 spiro atoms. The van der Waals surface area contributed by atoms with E-state index in [1.165, 1.54) is 72.8 Å². The fourth-order valence-electron chi connectivity index (χ4n) is 6.08. The fraction of sp³-hybridized carbons (Fsp3) is 0.516. The monoisotopic (exact) mass is 520 g/mol. The first-order valence-corrected chi connectivity index (χ1v) is 14.7. The topological polar surface area (TPSA) is 42.0 Å². The molecular formula is C31H40N2O3S. The van der Waals surface area contributed by atoms with Gasteiger partial charge in [0.15, 0.2) is 11.5 Å². The van der Waals surface area contributed by atoms with Gasteiger partial charge >= 0.3 is 0 Å². The van der Waals surface area contributed by atoms with Gasteiger partial charge in [-0.25, -0.2) is 0 Å². The Hall–Kier alpha value is -2.57. The lowest BCUT2D eigenvalue weighted by Gasteiger charge is -2.35. The lowest BCUT2D eigenvalue weighted by molar-refractivity contribution is -0.131. The highest BCUT2D eigenvalue weighted by Gasteiger charge is 2.27. The van der Waals surface area contributed by atoms with Gasteiger partial charge in [-0.2, -0.15) is 0 Å². The lowest BCUT2D eigenvalue weighted by atomic mass is 9.96. The number of hydrogen-bond donors (Lipinski definition) is 0. The number of methoxy groups -OCH3 is 2. The number of fused-ring (bicyclic) bond motifs is 2. The van der Waals surface area contributed by atoms with E-state index in [0.717, 1.165) is 37.4 Å². The number of unbranched alkanes of at least 4 members (excludes halogenated alkanes) is 2.